The second-order valence-corrected chi connectivity index (χ2v) is 23.2. The normalized spacial score (nSPS) is 12.2. The maximum absolute atomic E-state index is 2.44. The Morgan fingerprint density at radius 2 is 0.500 bits per heavy atom. The van der Waals surface area contributed by atoms with E-state index in [4.69, 9.17) is 0 Å². The van der Waals surface area contributed by atoms with Crippen LogP contribution in [0.4, 0.5) is 34.1 Å². The molecule has 4 heterocycles. The van der Waals surface area contributed by atoms with E-state index in [2.05, 4.69) is 240 Å². The topological polar surface area (TPSA) is 6.48 Å². The molecule has 0 saturated heterocycles. The van der Waals surface area contributed by atoms with E-state index in [0.717, 1.165) is 34.1 Å². The molecular formula is C66H38N2S4. The molecule has 0 saturated carbocycles. The molecule has 16 rings (SSSR count). The summed E-state index contributed by atoms with van der Waals surface area (Å²) in [6.45, 7) is 0. The Hall–Kier alpha value is -8.10. The second-order valence-electron chi connectivity index (χ2n) is 18.9. The van der Waals surface area contributed by atoms with Crippen LogP contribution in [-0.2, 0) is 0 Å². The molecular weight excluding hydrogens is 949 g/mol. The highest BCUT2D eigenvalue weighted by Gasteiger charge is 2.20. The summed E-state index contributed by atoms with van der Waals surface area (Å²) in [6.07, 6.45) is 0. The van der Waals surface area contributed by atoms with Crippen molar-refractivity contribution >= 4 is 192 Å². The predicted octanol–water partition coefficient (Wildman–Crippen LogP) is 21.6. The first-order chi connectivity index (χ1) is 35.6. The number of hydrogen-bond acceptors (Lipinski definition) is 6. The van der Waals surface area contributed by atoms with Crippen LogP contribution in [0.1, 0.15) is 0 Å². The number of anilines is 6. The van der Waals surface area contributed by atoms with Crippen molar-refractivity contribution in [2.45, 2.75) is 0 Å². The smallest absolute Gasteiger partial charge is 0.0476 e. The van der Waals surface area contributed by atoms with Crippen LogP contribution in [0.25, 0.3) is 113 Å². The summed E-state index contributed by atoms with van der Waals surface area (Å²) in [5, 5.41) is 17.9. The maximum atomic E-state index is 2.44. The van der Waals surface area contributed by atoms with Gasteiger partial charge in [0.05, 0.1) is 0 Å². The van der Waals surface area contributed by atoms with E-state index in [0.29, 0.717) is 0 Å². The lowest BCUT2D eigenvalue weighted by Crippen LogP contribution is -2.09. The molecule has 6 heteroatoms. The minimum absolute atomic E-state index is 1.15. The van der Waals surface area contributed by atoms with Crippen molar-refractivity contribution in [3.8, 4) is 0 Å². The summed E-state index contributed by atoms with van der Waals surface area (Å²) >= 11 is 7.52. The molecule has 0 aliphatic carbocycles. The van der Waals surface area contributed by atoms with Gasteiger partial charge in [0, 0.05) is 115 Å². The average molecular weight is 987 g/mol. The number of benzene rings is 12. The molecule has 0 bridgehead atoms. The molecule has 0 N–H and O–H groups in total. The fraction of sp³-hybridized carbons (Fsp3) is 0. The third-order valence-electron chi connectivity index (χ3n) is 14.7. The van der Waals surface area contributed by atoms with Gasteiger partial charge >= 0.3 is 0 Å². The van der Waals surface area contributed by atoms with Crippen molar-refractivity contribution in [1.82, 2.24) is 0 Å². The second kappa shape index (κ2) is 15.7. The van der Waals surface area contributed by atoms with Crippen LogP contribution in [0.2, 0.25) is 0 Å². The first-order valence-electron chi connectivity index (χ1n) is 24.3. The van der Waals surface area contributed by atoms with Gasteiger partial charge in [-0.1, -0.05) is 109 Å². The molecule has 72 heavy (non-hydrogen) atoms. The number of rotatable bonds is 6. The Morgan fingerprint density at radius 3 is 1.00 bits per heavy atom. The zero-order valence-electron chi connectivity index (χ0n) is 38.5. The van der Waals surface area contributed by atoms with E-state index in [-0.39, 0.29) is 0 Å². The monoisotopic (exact) mass is 986 g/mol. The SMILES string of the molecule is c1ccc2cc(N(c3ccc4c(c3)sc3cc5cc6sc7cc(N(c8ccc9ccccc9c8)c8ccc9sc%10ccccc%10c9c8)ccc7c6cc5cc34)c3ccc4sc5ccccc5c4c3)ccc2c1. The third kappa shape index (κ3) is 6.37. The molecule has 0 aliphatic rings. The lowest BCUT2D eigenvalue weighted by Gasteiger charge is -2.26. The maximum Gasteiger partial charge on any atom is 0.0476 e. The van der Waals surface area contributed by atoms with Gasteiger partial charge in [-0.05, 0) is 154 Å². The number of thiophene rings is 4. The van der Waals surface area contributed by atoms with Gasteiger partial charge in [0.2, 0.25) is 0 Å². The molecule has 0 spiro atoms. The van der Waals surface area contributed by atoms with Gasteiger partial charge in [0.1, 0.15) is 0 Å². The van der Waals surface area contributed by atoms with Gasteiger partial charge in [-0.25, -0.2) is 0 Å². The van der Waals surface area contributed by atoms with E-state index >= 15 is 0 Å². The van der Waals surface area contributed by atoms with Crippen molar-refractivity contribution in [3.63, 3.8) is 0 Å². The minimum Gasteiger partial charge on any atom is -0.310 e. The number of fused-ring (bicyclic) bond motifs is 15. The first-order valence-corrected chi connectivity index (χ1v) is 27.5. The van der Waals surface area contributed by atoms with Crippen molar-refractivity contribution in [2.75, 3.05) is 9.80 Å². The summed E-state index contributed by atoms with van der Waals surface area (Å²) in [6, 6.07) is 86.4. The first kappa shape index (κ1) is 40.6. The molecule has 0 radical (unpaired) electrons. The molecule has 16 aromatic rings. The summed E-state index contributed by atoms with van der Waals surface area (Å²) in [5.74, 6) is 0. The zero-order valence-corrected chi connectivity index (χ0v) is 41.7. The number of nitrogens with zero attached hydrogens (tertiary/aromatic N) is 2. The van der Waals surface area contributed by atoms with Gasteiger partial charge < -0.3 is 9.80 Å². The highest BCUT2D eigenvalue weighted by Crippen LogP contribution is 2.48. The van der Waals surface area contributed by atoms with Crippen LogP contribution in [0.3, 0.4) is 0 Å². The van der Waals surface area contributed by atoms with Gasteiger partial charge in [0.25, 0.3) is 0 Å². The predicted molar refractivity (Wildman–Crippen MR) is 320 cm³/mol. The summed E-state index contributed by atoms with van der Waals surface area (Å²) < 4.78 is 10.4. The Balaban J connectivity index is 0.810. The molecule has 0 aliphatic heterocycles. The van der Waals surface area contributed by atoms with Crippen molar-refractivity contribution in [2.24, 2.45) is 0 Å². The average Bonchev–Trinajstić information content (AvgIpc) is 4.19. The lowest BCUT2D eigenvalue weighted by molar-refractivity contribution is 1.30. The Morgan fingerprint density at radius 1 is 0.181 bits per heavy atom. The lowest BCUT2D eigenvalue weighted by atomic mass is 10.0. The molecule has 0 amide bonds. The Kier molecular flexibility index (Phi) is 8.86. The minimum atomic E-state index is 1.15. The van der Waals surface area contributed by atoms with Gasteiger partial charge in [-0.15, -0.1) is 45.3 Å². The van der Waals surface area contributed by atoms with E-state index in [1.807, 2.05) is 45.3 Å². The largest absolute Gasteiger partial charge is 0.310 e. The van der Waals surface area contributed by atoms with Gasteiger partial charge in [0.15, 0.2) is 0 Å². The van der Waals surface area contributed by atoms with E-state index in [1.54, 1.807) is 0 Å². The Bertz CT molecular complexity index is 4610. The molecule has 4 aromatic heterocycles. The van der Waals surface area contributed by atoms with Crippen LogP contribution in [0.5, 0.6) is 0 Å². The van der Waals surface area contributed by atoms with Crippen LogP contribution < -0.4 is 9.80 Å². The van der Waals surface area contributed by atoms with Crippen molar-refractivity contribution in [3.05, 3.63) is 231 Å². The highest BCUT2D eigenvalue weighted by atomic mass is 32.1. The fourth-order valence-electron chi connectivity index (χ4n) is 11.3. The van der Waals surface area contributed by atoms with Crippen LogP contribution in [0, 0.1) is 0 Å². The van der Waals surface area contributed by atoms with Crippen molar-refractivity contribution < 1.29 is 0 Å². The van der Waals surface area contributed by atoms with Gasteiger partial charge in [-0.3, -0.25) is 0 Å². The Labute approximate surface area is 429 Å². The number of hydrogen-bond donors (Lipinski definition) is 0. The van der Waals surface area contributed by atoms with Crippen LogP contribution in [-0.4, -0.2) is 0 Å². The van der Waals surface area contributed by atoms with E-state index < -0.39 is 0 Å². The van der Waals surface area contributed by atoms with Crippen molar-refractivity contribution in [1.29, 1.82) is 0 Å². The van der Waals surface area contributed by atoms with E-state index in [1.165, 1.54) is 113 Å². The summed E-state index contributed by atoms with van der Waals surface area (Å²) in [7, 11) is 0. The van der Waals surface area contributed by atoms with Crippen LogP contribution in [0.15, 0.2) is 231 Å². The van der Waals surface area contributed by atoms with E-state index in [9.17, 15) is 0 Å². The van der Waals surface area contributed by atoms with Gasteiger partial charge in [-0.2, -0.15) is 0 Å². The quantitative estimate of drug-likeness (QED) is 0.164. The molecule has 0 fully saturated rings. The summed E-state index contributed by atoms with van der Waals surface area (Å²) in [4.78, 5) is 4.88. The molecule has 2 nitrogen and oxygen atoms in total. The van der Waals surface area contributed by atoms with Crippen LogP contribution >= 0.6 is 45.3 Å². The molecule has 0 atom stereocenters. The molecule has 336 valence electrons. The summed E-state index contributed by atoms with van der Waals surface area (Å²) in [5.41, 5.74) is 6.91. The highest BCUT2D eigenvalue weighted by molar-refractivity contribution is 7.27. The third-order valence-corrected chi connectivity index (χ3v) is 19.3. The fourth-order valence-corrected chi connectivity index (χ4v) is 15.8. The molecule has 12 aromatic carbocycles. The molecule has 0 unspecified atom stereocenters. The zero-order chi connectivity index (χ0) is 47.0. The standard InChI is InChI=1S/C66H38N2S4/c1-3-11-41-29-45(19-17-39(41)9-1)67(47-23-27-61-57(35-47)51-13-5-7-15-59(51)69-61)49-21-25-53-55-31-43-32-56-54-26-22-50(38-66(54)72-64(56)34-44(43)33-63(55)71-65(53)37-49)68(46-20-18-40-10-2-4-12-42(40)30-46)48-24-28-62-58(36-48)52-14-6-8-16-60(52)70-62/h1-38H.